The number of hydrogen-bond donors (Lipinski definition) is 0. The maximum Gasteiger partial charge on any atom is 0.176 e. The van der Waals surface area contributed by atoms with Crippen LogP contribution in [0.25, 0.3) is 0 Å². The van der Waals surface area contributed by atoms with Crippen LogP contribution in [0, 0.1) is 28.1 Å². The molecule has 0 aromatic carbocycles. The van der Waals surface area contributed by atoms with Crippen molar-refractivity contribution in [1.29, 1.82) is 5.26 Å². The van der Waals surface area contributed by atoms with Crippen molar-refractivity contribution >= 4 is 0 Å². The summed E-state index contributed by atoms with van der Waals surface area (Å²) in [5, 5.41) is 9.55. The average molecular weight is 207 g/mol. The van der Waals surface area contributed by atoms with E-state index >= 15 is 0 Å². The van der Waals surface area contributed by atoms with E-state index in [0.29, 0.717) is 13.2 Å². The van der Waals surface area contributed by atoms with Gasteiger partial charge in [-0.05, 0) is 37.0 Å². The lowest BCUT2D eigenvalue weighted by molar-refractivity contribution is -0.149. The van der Waals surface area contributed by atoms with E-state index in [0.717, 1.165) is 18.8 Å². The van der Waals surface area contributed by atoms with E-state index in [-0.39, 0.29) is 17.1 Å². The van der Waals surface area contributed by atoms with Crippen molar-refractivity contribution in [2.24, 2.45) is 16.7 Å². The number of hydrogen-bond acceptors (Lipinski definition) is 3. The minimum Gasteiger partial charge on any atom is -0.349 e. The van der Waals surface area contributed by atoms with Crippen LogP contribution < -0.4 is 0 Å². The van der Waals surface area contributed by atoms with Crippen LogP contribution in [-0.4, -0.2) is 19.5 Å². The number of nitriles is 1. The molecule has 0 radical (unpaired) electrons. The molecule has 2 aliphatic carbocycles. The Kier molecular flexibility index (Phi) is 1.90. The third-order valence-corrected chi connectivity index (χ3v) is 4.75. The molecule has 3 heteroatoms. The van der Waals surface area contributed by atoms with Gasteiger partial charge in [0.25, 0.3) is 0 Å². The average Bonchev–Trinajstić information content (AvgIpc) is 2.88. The van der Waals surface area contributed by atoms with Crippen molar-refractivity contribution in [3.05, 3.63) is 0 Å². The summed E-state index contributed by atoms with van der Waals surface area (Å²) in [4.78, 5) is 0. The fourth-order valence-electron chi connectivity index (χ4n) is 3.90. The third-order valence-electron chi connectivity index (χ3n) is 4.75. The molecule has 0 aromatic rings. The van der Waals surface area contributed by atoms with Gasteiger partial charge in [0.1, 0.15) is 5.41 Å². The first kappa shape index (κ1) is 9.62. The lowest BCUT2D eigenvalue weighted by Crippen LogP contribution is -2.45. The normalized spacial score (nSPS) is 49.7. The van der Waals surface area contributed by atoms with E-state index in [9.17, 15) is 5.26 Å². The molecule has 82 valence electrons. The first-order valence-corrected chi connectivity index (χ1v) is 5.85. The first-order valence-electron chi connectivity index (χ1n) is 5.85. The van der Waals surface area contributed by atoms with E-state index in [1.165, 1.54) is 12.8 Å². The van der Waals surface area contributed by atoms with Gasteiger partial charge in [-0.15, -0.1) is 0 Å². The minimum atomic E-state index is -0.369. The first-order chi connectivity index (χ1) is 7.20. The number of rotatable bonds is 1. The van der Waals surface area contributed by atoms with Crippen molar-refractivity contribution in [3.63, 3.8) is 0 Å². The van der Waals surface area contributed by atoms with E-state index in [4.69, 9.17) is 9.47 Å². The summed E-state index contributed by atoms with van der Waals surface area (Å²) in [5.41, 5.74) is -0.242. The smallest absolute Gasteiger partial charge is 0.176 e. The fourth-order valence-corrected chi connectivity index (χ4v) is 3.90. The lowest BCUT2D eigenvalue weighted by Gasteiger charge is -2.41. The molecule has 0 spiro atoms. The van der Waals surface area contributed by atoms with Gasteiger partial charge in [0.05, 0.1) is 19.3 Å². The van der Waals surface area contributed by atoms with Gasteiger partial charge in [0.2, 0.25) is 0 Å². The molecule has 1 aliphatic heterocycles. The monoisotopic (exact) mass is 207 g/mol. The molecule has 15 heavy (non-hydrogen) atoms. The Hall–Kier alpha value is -0.590. The molecule has 0 amide bonds. The Morgan fingerprint density at radius 3 is 2.47 bits per heavy atom. The van der Waals surface area contributed by atoms with Crippen LogP contribution in [0.2, 0.25) is 0 Å². The van der Waals surface area contributed by atoms with Crippen molar-refractivity contribution < 1.29 is 9.47 Å². The highest BCUT2D eigenvalue weighted by atomic mass is 16.7. The minimum absolute atomic E-state index is 0.126. The molecule has 3 atom stereocenters. The Labute approximate surface area is 90.4 Å². The molecule has 3 fully saturated rings. The van der Waals surface area contributed by atoms with Crippen molar-refractivity contribution in [2.45, 2.75) is 38.9 Å². The molecule has 2 bridgehead atoms. The molecular formula is C12H17NO2. The van der Waals surface area contributed by atoms with Crippen LogP contribution in [0.15, 0.2) is 0 Å². The Morgan fingerprint density at radius 2 is 2.00 bits per heavy atom. The predicted molar refractivity (Wildman–Crippen MR) is 53.8 cm³/mol. The Bertz CT molecular complexity index is 318. The van der Waals surface area contributed by atoms with Crippen molar-refractivity contribution in [1.82, 2.24) is 0 Å². The number of nitrogens with zero attached hydrogens (tertiary/aromatic N) is 1. The maximum absolute atomic E-state index is 9.55. The summed E-state index contributed by atoms with van der Waals surface area (Å²) in [5.74, 6) is 0.724. The van der Waals surface area contributed by atoms with E-state index in [2.05, 4.69) is 13.0 Å². The summed E-state index contributed by atoms with van der Waals surface area (Å²) in [7, 11) is 0. The second kappa shape index (κ2) is 2.96. The zero-order valence-electron chi connectivity index (χ0n) is 9.16. The van der Waals surface area contributed by atoms with Gasteiger partial charge in [-0.2, -0.15) is 5.26 Å². The highest BCUT2D eigenvalue weighted by molar-refractivity contribution is 5.19. The quantitative estimate of drug-likeness (QED) is 0.661. The SMILES string of the molecule is CC12CCC(C1)CC2(C#N)C1OCCO1. The standard InChI is InChI=1S/C12H17NO2/c1-11-3-2-9(6-11)7-12(11,8-13)10-14-4-5-15-10/h9-10H,2-7H2,1H3. The van der Waals surface area contributed by atoms with Crippen molar-refractivity contribution in [3.8, 4) is 6.07 Å². The second-order valence-electron chi connectivity index (χ2n) is 5.53. The highest BCUT2D eigenvalue weighted by Crippen LogP contribution is 2.66. The van der Waals surface area contributed by atoms with Gasteiger partial charge < -0.3 is 9.47 Å². The van der Waals surface area contributed by atoms with Gasteiger partial charge >= 0.3 is 0 Å². The molecule has 2 saturated carbocycles. The van der Waals surface area contributed by atoms with Crippen LogP contribution >= 0.6 is 0 Å². The predicted octanol–water partition coefficient (Wildman–Crippen LogP) is 2.08. The van der Waals surface area contributed by atoms with Crippen LogP contribution in [0.4, 0.5) is 0 Å². The van der Waals surface area contributed by atoms with Gasteiger partial charge in [-0.3, -0.25) is 0 Å². The van der Waals surface area contributed by atoms with Crippen LogP contribution in [0.3, 0.4) is 0 Å². The summed E-state index contributed by atoms with van der Waals surface area (Å²) in [6.07, 6.45) is 4.34. The fraction of sp³-hybridized carbons (Fsp3) is 0.917. The molecule has 0 aromatic heterocycles. The highest BCUT2D eigenvalue weighted by Gasteiger charge is 2.64. The van der Waals surface area contributed by atoms with Gasteiger partial charge in [0, 0.05) is 0 Å². The summed E-state index contributed by atoms with van der Waals surface area (Å²) >= 11 is 0. The second-order valence-corrected chi connectivity index (χ2v) is 5.53. The number of fused-ring (bicyclic) bond motifs is 2. The van der Waals surface area contributed by atoms with Crippen LogP contribution in [0.5, 0.6) is 0 Å². The molecule has 3 rings (SSSR count). The van der Waals surface area contributed by atoms with Crippen molar-refractivity contribution in [2.75, 3.05) is 13.2 Å². The van der Waals surface area contributed by atoms with Crippen LogP contribution in [0.1, 0.15) is 32.6 Å². The van der Waals surface area contributed by atoms with Gasteiger partial charge in [-0.25, -0.2) is 0 Å². The van der Waals surface area contributed by atoms with Crippen LogP contribution in [-0.2, 0) is 9.47 Å². The topological polar surface area (TPSA) is 42.2 Å². The Morgan fingerprint density at radius 1 is 1.27 bits per heavy atom. The van der Waals surface area contributed by atoms with E-state index in [1.54, 1.807) is 0 Å². The third kappa shape index (κ3) is 1.07. The summed E-state index contributed by atoms with van der Waals surface area (Å²) in [6.45, 7) is 3.54. The largest absolute Gasteiger partial charge is 0.349 e. The molecule has 0 N–H and O–H groups in total. The van der Waals surface area contributed by atoms with Gasteiger partial charge in [0.15, 0.2) is 6.29 Å². The molecule has 3 aliphatic rings. The molecule has 3 nitrogen and oxygen atoms in total. The zero-order valence-corrected chi connectivity index (χ0v) is 9.16. The maximum atomic E-state index is 9.55. The van der Waals surface area contributed by atoms with E-state index in [1.807, 2.05) is 0 Å². The molecule has 3 unspecified atom stereocenters. The summed E-state index contributed by atoms with van der Waals surface area (Å²) in [6, 6.07) is 2.54. The zero-order chi connectivity index (χ0) is 10.5. The lowest BCUT2D eigenvalue weighted by atomic mass is 9.64. The Balaban J connectivity index is 1.97. The summed E-state index contributed by atoms with van der Waals surface area (Å²) < 4.78 is 11.2. The molecule has 1 saturated heterocycles. The molecule has 1 heterocycles. The van der Waals surface area contributed by atoms with Gasteiger partial charge in [-0.1, -0.05) is 6.92 Å². The van der Waals surface area contributed by atoms with E-state index < -0.39 is 0 Å². The molecular weight excluding hydrogens is 190 g/mol. The number of ether oxygens (including phenoxy) is 2.